The van der Waals surface area contributed by atoms with Gasteiger partial charge in [0.25, 0.3) is 0 Å². The number of benzene rings is 1. The number of rotatable bonds is 2. The van der Waals surface area contributed by atoms with Gasteiger partial charge in [-0.2, -0.15) is 0 Å². The van der Waals surface area contributed by atoms with Crippen molar-refractivity contribution >= 4 is 29.1 Å². The first kappa shape index (κ1) is 13.7. The molecule has 0 saturated carbocycles. The van der Waals surface area contributed by atoms with Crippen LogP contribution in [0.5, 0.6) is 0 Å². The second kappa shape index (κ2) is 6.44. The predicted octanol–water partition coefficient (Wildman–Crippen LogP) is 4.02. The molecule has 2 rings (SSSR count). The van der Waals surface area contributed by atoms with Crippen LogP contribution in [-0.2, 0) is 4.79 Å². The van der Waals surface area contributed by atoms with Crippen LogP contribution in [0.15, 0.2) is 24.3 Å². The molecule has 98 valence electrons. The van der Waals surface area contributed by atoms with E-state index >= 15 is 0 Å². The Morgan fingerprint density at radius 1 is 1.06 bits per heavy atom. The third kappa shape index (κ3) is 3.39. The number of carbonyl (C=O) groups is 1. The minimum atomic E-state index is -0.597. The van der Waals surface area contributed by atoms with Gasteiger partial charge in [0.2, 0.25) is 5.91 Å². The van der Waals surface area contributed by atoms with Crippen molar-refractivity contribution in [3.8, 4) is 0 Å². The zero-order valence-corrected chi connectivity index (χ0v) is 11.8. The maximum atomic E-state index is 12.3. The molecule has 1 unspecified atom stereocenters. The van der Waals surface area contributed by atoms with Crippen LogP contribution in [0.1, 0.15) is 36.6 Å². The van der Waals surface area contributed by atoms with E-state index in [1.54, 1.807) is 12.1 Å². The molecule has 4 heteroatoms. The topological polar surface area (TPSA) is 20.3 Å². The molecule has 18 heavy (non-hydrogen) atoms. The summed E-state index contributed by atoms with van der Waals surface area (Å²) in [6.07, 6.45) is 4.57. The first-order chi connectivity index (χ1) is 8.68. The average Bonchev–Trinajstić information content (AvgIpc) is 2.67. The fourth-order valence-electron chi connectivity index (χ4n) is 2.23. The van der Waals surface area contributed by atoms with Gasteiger partial charge in [-0.25, -0.2) is 0 Å². The molecule has 1 aromatic carbocycles. The number of likely N-dealkylation sites (tertiary alicyclic amines) is 1. The average molecular weight is 286 g/mol. The van der Waals surface area contributed by atoms with Gasteiger partial charge in [0.1, 0.15) is 5.38 Å². The van der Waals surface area contributed by atoms with E-state index in [-0.39, 0.29) is 5.91 Å². The summed E-state index contributed by atoms with van der Waals surface area (Å²) in [5, 5.41) is 0.0604. The number of amides is 1. The minimum Gasteiger partial charge on any atom is -0.341 e. The third-order valence-electron chi connectivity index (χ3n) is 3.30. The van der Waals surface area contributed by atoms with Crippen molar-refractivity contribution in [2.24, 2.45) is 0 Å². The Balaban J connectivity index is 2.05. The third-order valence-corrected chi connectivity index (χ3v) is 3.99. The van der Waals surface area contributed by atoms with Crippen LogP contribution >= 0.6 is 23.2 Å². The number of alkyl halides is 1. The number of nitrogens with zero attached hydrogens (tertiary/aromatic N) is 1. The molecule has 1 atom stereocenters. The summed E-state index contributed by atoms with van der Waals surface area (Å²) in [7, 11) is 0. The summed E-state index contributed by atoms with van der Waals surface area (Å²) in [6, 6.07) is 7.16. The molecule has 1 saturated heterocycles. The highest BCUT2D eigenvalue weighted by molar-refractivity contribution is 6.31. The number of halogens is 2. The molecule has 1 amide bonds. The van der Waals surface area contributed by atoms with E-state index < -0.39 is 5.38 Å². The highest BCUT2D eigenvalue weighted by Crippen LogP contribution is 2.25. The van der Waals surface area contributed by atoms with Crippen LogP contribution in [-0.4, -0.2) is 23.9 Å². The largest absolute Gasteiger partial charge is 0.341 e. The summed E-state index contributed by atoms with van der Waals surface area (Å²) in [5.41, 5.74) is 0.815. The van der Waals surface area contributed by atoms with Crippen LogP contribution in [0.2, 0.25) is 5.02 Å². The van der Waals surface area contributed by atoms with Crippen molar-refractivity contribution in [2.45, 2.75) is 31.1 Å². The van der Waals surface area contributed by atoms with E-state index in [0.717, 1.165) is 31.5 Å². The molecule has 0 spiro atoms. The zero-order chi connectivity index (χ0) is 13.0. The van der Waals surface area contributed by atoms with Gasteiger partial charge in [0.15, 0.2) is 0 Å². The van der Waals surface area contributed by atoms with Crippen LogP contribution in [0.25, 0.3) is 0 Å². The molecule has 0 radical (unpaired) electrons. The lowest BCUT2D eigenvalue weighted by atomic mass is 10.1. The van der Waals surface area contributed by atoms with Crippen molar-refractivity contribution in [1.29, 1.82) is 0 Å². The molecular weight excluding hydrogens is 269 g/mol. The Morgan fingerprint density at radius 2 is 1.61 bits per heavy atom. The molecule has 1 heterocycles. The zero-order valence-electron chi connectivity index (χ0n) is 10.2. The lowest BCUT2D eigenvalue weighted by Gasteiger charge is -2.23. The maximum absolute atomic E-state index is 12.3. The number of carbonyl (C=O) groups excluding carboxylic acids is 1. The predicted molar refractivity (Wildman–Crippen MR) is 75.1 cm³/mol. The molecule has 1 aromatic rings. The fraction of sp³-hybridized carbons (Fsp3) is 0.500. The van der Waals surface area contributed by atoms with Gasteiger partial charge in [0.05, 0.1) is 0 Å². The molecule has 2 nitrogen and oxygen atoms in total. The van der Waals surface area contributed by atoms with Gasteiger partial charge in [-0.15, -0.1) is 11.6 Å². The second-order valence-electron chi connectivity index (χ2n) is 4.65. The standard InChI is InChI=1S/C14H17Cl2NO/c15-12-7-5-11(6-8-12)13(16)14(18)17-9-3-1-2-4-10-17/h5-8,13H,1-4,9-10H2. The second-order valence-corrected chi connectivity index (χ2v) is 5.53. The van der Waals surface area contributed by atoms with Gasteiger partial charge >= 0.3 is 0 Å². The van der Waals surface area contributed by atoms with Gasteiger partial charge in [-0.3, -0.25) is 4.79 Å². The lowest BCUT2D eigenvalue weighted by Crippen LogP contribution is -2.34. The van der Waals surface area contributed by atoms with Crippen molar-refractivity contribution in [3.05, 3.63) is 34.9 Å². The molecule has 0 aliphatic carbocycles. The molecule has 1 aliphatic rings. The van der Waals surface area contributed by atoms with E-state index in [2.05, 4.69) is 0 Å². The normalized spacial score (nSPS) is 18.2. The molecular formula is C14H17Cl2NO. The summed E-state index contributed by atoms with van der Waals surface area (Å²) in [6.45, 7) is 1.66. The molecule has 1 aliphatic heterocycles. The number of hydrogen-bond acceptors (Lipinski definition) is 1. The fourth-order valence-corrected chi connectivity index (χ4v) is 2.64. The van der Waals surface area contributed by atoms with Crippen molar-refractivity contribution < 1.29 is 4.79 Å². The van der Waals surface area contributed by atoms with Gasteiger partial charge in [-0.1, -0.05) is 36.6 Å². The van der Waals surface area contributed by atoms with Gasteiger partial charge in [0, 0.05) is 18.1 Å². The Morgan fingerprint density at radius 3 is 2.17 bits per heavy atom. The molecule has 0 bridgehead atoms. The lowest BCUT2D eigenvalue weighted by molar-refractivity contribution is -0.130. The van der Waals surface area contributed by atoms with Crippen molar-refractivity contribution in [1.82, 2.24) is 4.90 Å². The first-order valence-corrected chi connectivity index (χ1v) is 7.18. The Hall–Kier alpha value is -0.730. The highest BCUT2D eigenvalue weighted by atomic mass is 35.5. The minimum absolute atomic E-state index is 0.0147. The Bertz CT molecular complexity index is 397. The van der Waals surface area contributed by atoms with E-state index in [9.17, 15) is 4.79 Å². The van der Waals surface area contributed by atoms with Crippen LogP contribution in [0.4, 0.5) is 0 Å². The van der Waals surface area contributed by atoms with Crippen LogP contribution in [0.3, 0.4) is 0 Å². The van der Waals surface area contributed by atoms with Crippen LogP contribution < -0.4 is 0 Å². The Kier molecular flexibility index (Phi) is 4.90. The SMILES string of the molecule is O=C(C(Cl)c1ccc(Cl)cc1)N1CCCCCC1. The van der Waals surface area contributed by atoms with Crippen LogP contribution in [0, 0.1) is 0 Å². The molecule has 0 N–H and O–H groups in total. The maximum Gasteiger partial charge on any atom is 0.245 e. The first-order valence-electron chi connectivity index (χ1n) is 6.37. The summed E-state index contributed by atoms with van der Waals surface area (Å²) >= 11 is 12.1. The van der Waals surface area contributed by atoms with E-state index in [0.29, 0.717) is 5.02 Å². The summed E-state index contributed by atoms with van der Waals surface area (Å²) in [5.74, 6) is 0.0147. The summed E-state index contributed by atoms with van der Waals surface area (Å²) in [4.78, 5) is 14.2. The smallest absolute Gasteiger partial charge is 0.245 e. The molecule has 0 aromatic heterocycles. The van der Waals surface area contributed by atoms with Crippen molar-refractivity contribution in [3.63, 3.8) is 0 Å². The molecule has 1 fully saturated rings. The van der Waals surface area contributed by atoms with Gasteiger partial charge < -0.3 is 4.90 Å². The number of hydrogen-bond donors (Lipinski definition) is 0. The van der Waals surface area contributed by atoms with E-state index in [4.69, 9.17) is 23.2 Å². The van der Waals surface area contributed by atoms with E-state index in [1.165, 1.54) is 12.8 Å². The summed E-state index contributed by atoms with van der Waals surface area (Å²) < 4.78 is 0. The Labute approximate surface area is 118 Å². The highest BCUT2D eigenvalue weighted by Gasteiger charge is 2.24. The van der Waals surface area contributed by atoms with Crippen molar-refractivity contribution in [2.75, 3.05) is 13.1 Å². The quantitative estimate of drug-likeness (QED) is 0.752. The monoisotopic (exact) mass is 285 g/mol. The van der Waals surface area contributed by atoms with E-state index in [1.807, 2.05) is 17.0 Å². The van der Waals surface area contributed by atoms with Gasteiger partial charge in [-0.05, 0) is 30.5 Å².